The Bertz CT molecular complexity index is 796. The van der Waals surface area contributed by atoms with Crippen LogP contribution in [0.25, 0.3) is 10.8 Å². The number of ether oxygens (including phenoxy) is 2. The van der Waals surface area contributed by atoms with Gasteiger partial charge in [0.25, 0.3) is 0 Å². The van der Waals surface area contributed by atoms with Gasteiger partial charge in [-0.2, -0.15) is 0 Å². The molecule has 0 saturated heterocycles. The standard InChI is InChI=1S/C16H9BrO2/c17-11-6-8-13-15(9-11)19-16-12-4-2-1-3-10(12)5-7-14(16)18-13/h1-9H. The lowest BCUT2D eigenvalue weighted by molar-refractivity contribution is 0.363. The highest BCUT2D eigenvalue weighted by Crippen LogP contribution is 2.48. The van der Waals surface area contributed by atoms with Crippen molar-refractivity contribution in [3.05, 3.63) is 59.1 Å². The smallest absolute Gasteiger partial charge is 0.177 e. The van der Waals surface area contributed by atoms with Gasteiger partial charge in [0.2, 0.25) is 0 Å². The van der Waals surface area contributed by atoms with E-state index in [9.17, 15) is 0 Å². The number of benzene rings is 3. The van der Waals surface area contributed by atoms with E-state index in [0.717, 1.165) is 38.2 Å². The van der Waals surface area contributed by atoms with Crippen LogP contribution in [0.3, 0.4) is 0 Å². The van der Waals surface area contributed by atoms with Gasteiger partial charge in [0.05, 0.1) is 0 Å². The van der Waals surface area contributed by atoms with Crippen LogP contribution in [-0.4, -0.2) is 0 Å². The monoisotopic (exact) mass is 312 g/mol. The van der Waals surface area contributed by atoms with Crippen LogP contribution < -0.4 is 9.47 Å². The van der Waals surface area contributed by atoms with Crippen molar-refractivity contribution >= 4 is 26.7 Å². The van der Waals surface area contributed by atoms with Gasteiger partial charge in [-0.05, 0) is 29.7 Å². The molecular weight excluding hydrogens is 304 g/mol. The Morgan fingerprint density at radius 3 is 2.53 bits per heavy atom. The number of hydrogen-bond donors (Lipinski definition) is 0. The van der Waals surface area contributed by atoms with Crippen LogP contribution in [-0.2, 0) is 0 Å². The molecule has 0 N–H and O–H groups in total. The van der Waals surface area contributed by atoms with Crippen molar-refractivity contribution in [2.24, 2.45) is 0 Å². The van der Waals surface area contributed by atoms with Crippen molar-refractivity contribution in [1.29, 1.82) is 0 Å². The highest BCUT2D eigenvalue weighted by Gasteiger charge is 2.20. The van der Waals surface area contributed by atoms with Gasteiger partial charge in [-0.25, -0.2) is 0 Å². The van der Waals surface area contributed by atoms with Gasteiger partial charge in [-0.15, -0.1) is 0 Å². The second-order valence-corrected chi connectivity index (χ2v) is 5.32. The molecule has 0 radical (unpaired) electrons. The summed E-state index contributed by atoms with van der Waals surface area (Å²) in [5.41, 5.74) is 0. The highest BCUT2D eigenvalue weighted by molar-refractivity contribution is 9.10. The lowest BCUT2D eigenvalue weighted by Crippen LogP contribution is -1.99. The van der Waals surface area contributed by atoms with E-state index in [1.165, 1.54) is 0 Å². The van der Waals surface area contributed by atoms with Crippen molar-refractivity contribution in [2.75, 3.05) is 0 Å². The zero-order valence-corrected chi connectivity index (χ0v) is 11.5. The summed E-state index contributed by atoms with van der Waals surface area (Å²) in [5.74, 6) is 3.02. The van der Waals surface area contributed by atoms with E-state index in [2.05, 4.69) is 22.0 Å². The van der Waals surface area contributed by atoms with E-state index in [4.69, 9.17) is 9.47 Å². The molecule has 0 amide bonds. The highest BCUT2D eigenvalue weighted by atomic mass is 79.9. The molecule has 0 spiro atoms. The molecule has 3 heteroatoms. The fourth-order valence-corrected chi connectivity index (χ4v) is 2.62. The molecule has 0 aliphatic carbocycles. The van der Waals surface area contributed by atoms with Crippen molar-refractivity contribution in [3.63, 3.8) is 0 Å². The fourth-order valence-electron chi connectivity index (χ4n) is 2.28. The molecule has 3 aromatic rings. The van der Waals surface area contributed by atoms with Gasteiger partial charge in [-0.1, -0.05) is 46.3 Å². The maximum Gasteiger partial charge on any atom is 0.177 e. The minimum Gasteiger partial charge on any atom is -0.449 e. The minimum atomic E-state index is 0.734. The Balaban J connectivity index is 1.95. The maximum atomic E-state index is 6.02. The number of fused-ring (bicyclic) bond motifs is 4. The first kappa shape index (κ1) is 10.9. The Labute approximate surface area is 118 Å². The van der Waals surface area contributed by atoms with Crippen molar-refractivity contribution in [3.8, 4) is 23.0 Å². The Kier molecular flexibility index (Phi) is 2.29. The van der Waals surface area contributed by atoms with Crippen LogP contribution in [0.4, 0.5) is 0 Å². The average Bonchev–Trinajstić information content (AvgIpc) is 2.45. The largest absolute Gasteiger partial charge is 0.449 e. The fraction of sp³-hybridized carbons (Fsp3) is 0. The molecule has 0 aromatic heterocycles. The quantitative estimate of drug-likeness (QED) is 0.427. The predicted octanol–water partition coefficient (Wildman–Crippen LogP) is 5.50. The van der Waals surface area contributed by atoms with E-state index in [-0.39, 0.29) is 0 Å². The van der Waals surface area contributed by atoms with Crippen molar-refractivity contribution < 1.29 is 9.47 Å². The molecule has 0 atom stereocenters. The molecule has 0 unspecified atom stereocenters. The SMILES string of the molecule is Brc1ccc2c(c1)Oc1c(ccc3ccccc13)O2. The lowest BCUT2D eigenvalue weighted by atomic mass is 10.1. The minimum absolute atomic E-state index is 0.734. The maximum absolute atomic E-state index is 6.02. The third-order valence-electron chi connectivity index (χ3n) is 3.18. The van der Waals surface area contributed by atoms with Gasteiger partial charge in [-0.3, -0.25) is 0 Å². The summed E-state index contributed by atoms with van der Waals surface area (Å²) < 4.78 is 12.9. The predicted molar refractivity (Wildman–Crippen MR) is 78.2 cm³/mol. The van der Waals surface area contributed by atoms with Crippen LogP contribution in [0, 0.1) is 0 Å². The van der Waals surface area contributed by atoms with E-state index >= 15 is 0 Å². The van der Waals surface area contributed by atoms with E-state index in [1.54, 1.807) is 0 Å². The van der Waals surface area contributed by atoms with Crippen LogP contribution >= 0.6 is 15.9 Å². The molecule has 4 rings (SSSR count). The summed E-state index contributed by atoms with van der Waals surface area (Å²) in [5, 5.41) is 2.20. The number of rotatable bonds is 0. The molecule has 1 aliphatic heterocycles. The second-order valence-electron chi connectivity index (χ2n) is 4.41. The molecule has 19 heavy (non-hydrogen) atoms. The van der Waals surface area contributed by atoms with E-state index in [0.29, 0.717) is 0 Å². The summed E-state index contributed by atoms with van der Waals surface area (Å²) in [6.07, 6.45) is 0. The Hall–Kier alpha value is -2.00. The molecule has 92 valence electrons. The molecule has 0 bridgehead atoms. The van der Waals surface area contributed by atoms with Crippen LogP contribution in [0.15, 0.2) is 59.1 Å². The molecule has 3 aromatic carbocycles. The Morgan fingerprint density at radius 2 is 1.58 bits per heavy atom. The normalized spacial score (nSPS) is 12.3. The van der Waals surface area contributed by atoms with E-state index < -0.39 is 0 Å². The Morgan fingerprint density at radius 1 is 0.737 bits per heavy atom. The zero-order chi connectivity index (χ0) is 12.8. The first-order valence-electron chi connectivity index (χ1n) is 5.98. The van der Waals surface area contributed by atoms with Crippen molar-refractivity contribution in [1.82, 2.24) is 0 Å². The van der Waals surface area contributed by atoms with E-state index in [1.807, 2.05) is 48.5 Å². The second kappa shape index (κ2) is 4.00. The molecule has 2 nitrogen and oxygen atoms in total. The van der Waals surface area contributed by atoms with Gasteiger partial charge in [0, 0.05) is 9.86 Å². The summed E-state index contributed by atoms with van der Waals surface area (Å²) in [6.45, 7) is 0. The van der Waals surface area contributed by atoms with Gasteiger partial charge >= 0.3 is 0 Å². The van der Waals surface area contributed by atoms with Crippen molar-refractivity contribution in [2.45, 2.75) is 0 Å². The summed E-state index contributed by atoms with van der Waals surface area (Å²) in [4.78, 5) is 0. The first-order valence-corrected chi connectivity index (χ1v) is 6.77. The lowest BCUT2D eigenvalue weighted by Gasteiger charge is -2.22. The molecular formula is C16H9BrO2. The van der Waals surface area contributed by atoms with Crippen LogP contribution in [0.1, 0.15) is 0 Å². The summed E-state index contributed by atoms with van der Waals surface area (Å²) in [6, 6.07) is 17.9. The molecule has 0 fully saturated rings. The first-order chi connectivity index (χ1) is 9.31. The molecule has 0 saturated carbocycles. The topological polar surface area (TPSA) is 18.5 Å². The van der Waals surface area contributed by atoms with Gasteiger partial charge in [0.15, 0.2) is 23.0 Å². The molecule has 1 heterocycles. The third kappa shape index (κ3) is 1.70. The number of hydrogen-bond acceptors (Lipinski definition) is 2. The zero-order valence-electron chi connectivity index (χ0n) is 9.89. The number of halogens is 1. The third-order valence-corrected chi connectivity index (χ3v) is 3.67. The summed E-state index contributed by atoms with van der Waals surface area (Å²) in [7, 11) is 0. The average molecular weight is 313 g/mol. The molecule has 1 aliphatic rings. The van der Waals surface area contributed by atoms with Gasteiger partial charge < -0.3 is 9.47 Å². The van der Waals surface area contributed by atoms with Crippen LogP contribution in [0.5, 0.6) is 23.0 Å². The van der Waals surface area contributed by atoms with Crippen LogP contribution in [0.2, 0.25) is 0 Å². The van der Waals surface area contributed by atoms with Gasteiger partial charge in [0.1, 0.15) is 0 Å². The summed E-state index contributed by atoms with van der Waals surface area (Å²) >= 11 is 3.44.